The van der Waals surface area contributed by atoms with E-state index < -0.39 is 17.6 Å². The van der Waals surface area contributed by atoms with E-state index in [1.807, 2.05) is 0 Å². The minimum absolute atomic E-state index is 0.0585. The molecule has 0 spiro atoms. The van der Waals surface area contributed by atoms with Gasteiger partial charge in [0.05, 0.1) is 30.2 Å². The van der Waals surface area contributed by atoms with Crippen molar-refractivity contribution in [2.75, 3.05) is 19.5 Å². The van der Waals surface area contributed by atoms with Crippen molar-refractivity contribution in [2.24, 2.45) is 0 Å². The Bertz CT molecular complexity index is 817. The van der Waals surface area contributed by atoms with Crippen LogP contribution in [0.15, 0.2) is 18.5 Å². The molecule has 1 N–H and O–H groups in total. The van der Waals surface area contributed by atoms with Crippen molar-refractivity contribution >= 4 is 29.3 Å². The number of nitrogens with zero attached hydrogens (tertiary/aromatic N) is 5. The third-order valence-corrected chi connectivity index (χ3v) is 3.21. The number of hydrogen-bond donors (Lipinski definition) is 1. The van der Waals surface area contributed by atoms with Crippen molar-refractivity contribution < 1.29 is 19.2 Å². The van der Waals surface area contributed by atoms with Gasteiger partial charge in [0.25, 0.3) is 5.91 Å². The van der Waals surface area contributed by atoms with Gasteiger partial charge in [0.2, 0.25) is 0 Å². The van der Waals surface area contributed by atoms with Crippen LogP contribution in [0.4, 0.5) is 10.5 Å². The highest BCUT2D eigenvalue weighted by Gasteiger charge is 2.19. The maximum Gasteiger partial charge on any atom is 0.412 e. The molecule has 2 aromatic rings. The number of carbonyl (C=O) groups excluding carboxylic acids is 2. The number of aromatic nitrogens is 4. The Hall–Kier alpha value is -2.72. The van der Waals surface area contributed by atoms with Crippen LogP contribution in [0.5, 0.6) is 0 Å². The maximum atomic E-state index is 12.0. The van der Waals surface area contributed by atoms with Gasteiger partial charge in [-0.2, -0.15) is 5.10 Å². The lowest BCUT2D eigenvalue weighted by atomic mass is 10.2. The van der Waals surface area contributed by atoms with Crippen LogP contribution in [0.2, 0.25) is 5.02 Å². The second kappa shape index (κ2) is 7.67. The molecule has 0 aromatic carbocycles. The maximum absolute atomic E-state index is 12.0. The molecule has 140 valence electrons. The van der Waals surface area contributed by atoms with E-state index in [-0.39, 0.29) is 16.5 Å². The first kappa shape index (κ1) is 19.6. The highest BCUT2D eigenvalue weighted by Crippen LogP contribution is 2.21. The van der Waals surface area contributed by atoms with Crippen molar-refractivity contribution in [3.8, 4) is 5.82 Å². The molecule has 0 bridgehead atoms. The van der Waals surface area contributed by atoms with Crippen LogP contribution in [0.3, 0.4) is 0 Å². The molecule has 0 saturated carbocycles. The van der Waals surface area contributed by atoms with Crippen molar-refractivity contribution in [1.29, 1.82) is 0 Å². The van der Waals surface area contributed by atoms with Gasteiger partial charge < -0.3 is 4.74 Å². The third-order valence-electron chi connectivity index (χ3n) is 2.93. The van der Waals surface area contributed by atoms with E-state index in [0.717, 1.165) is 9.86 Å². The first-order valence-corrected chi connectivity index (χ1v) is 7.89. The highest BCUT2D eigenvalue weighted by atomic mass is 35.5. The molecule has 2 amide bonds. The smallest absolute Gasteiger partial charge is 0.412 e. The van der Waals surface area contributed by atoms with Crippen LogP contribution in [0.25, 0.3) is 5.82 Å². The molecule has 26 heavy (non-hydrogen) atoms. The minimum Gasteiger partial charge on any atom is -0.444 e. The monoisotopic (exact) mass is 382 g/mol. The predicted molar refractivity (Wildman–Crippen MR) is 93.1 cm³/mol. The number of halogens is 1. The summed E-state index contributed by atoms with van der Waals surface area (Å²) in [7, 11) is 2.81. The van der Waals surface area contributed by atoms with Gasteiger partial charge in [-0.25, -0.2) is 14.8 Å². The summed E-state index contributed by atoms with van der Waals surface area (Å²) < 4.78 is 5.15. The second-order valence-electron chi connectivity index (χ2n) is 6.16. The summed E-state index contributed by atoms with van der Waals surface area (Å²) in [5.41, 5.74) is -0.225. The Morgan fingerprint density at radius 3 is 2.58 bits per heavy atom. The van der Waals surface area contributed by atoms with Gasteiger partial charge in [0.15, 0.2) is 11.5 Å². The number of hydroxylamine groups is 2. The average molecular weight is 383 g/mol. The summed E-state index contributed by atoms with van der Waals surface area (Å²) in [5.74, 6) is -0.279. The molecule has 0 unspecified atom stereocenters. The topological polar surface area (TPSA) is 111 Å². The molecule has 0 aliphatic rings. The Balaban J connectivity index is 2.16. The Labute approximate surface area is 155 Å². The van der Waals surface area contributed by atoms with Crippen molar-refractivity contribution in [3.63, 3.8) is 0 Å². The predicted octanol–water partition coefficient (Wildman–Crippen LogP) is 2.30. The number of ether oxygens (including phenoxy) is 1. The zero-order chi connectivity index (χ0) is 19.5. The number of rotatable bonds is 4. The largest absolute Gasteiger partial charge is 0.444 e. The SMILES string of the molecule is CON(C)C(=O)c1cnn(-c2ncc(NC(=O)OC(C)(C)C)cc2Cl)n1. The second-order valence-corrected chi connectivity index (χ2v) is 6.57. The zero-order valence-corrected chi connectivity index (χ0v) is 15.7. The van der Waals surface area contributed by atoms with E-state index in [4.69, 9.17) is 21.2 Å². The molecular formula is C15H19ClN6O4. The first-order chi connectivity index (χ1) is 12.1. The molecule has 10 nitrogen and oxygen atoms in total. The summed E-state index contributed by atoms with van der Waals surface area (Å²) in [6, 6.07) is 1.47. The van der Waals surface area contributed by atoms with E-state index in [9.17, 15) is 9.59 Å². The number of carbonyl (C=O) groups is 2. The first-order valence-electron chi connectivity index (χ1n) is 7.51. The fourth-order valence-corrected chi connectivity index (χ4v) is 2.02. The molecule has 0 saturated heterocycles. The van der Waals surface area contributed by atoms with Crippen LogP contribution in [-0.4, -0.2) is 56.8 Å². The molecule has 2 rings (SSSR count). The molecule has 2 aromatic heterocycles. The number of pyridine rings is 1. The summed E-state index contributed by atoms with van der Waals surface area (Å²) in [5, 5.41) is 11.7. The Morgan fingerprint density at radius 1 is 1.31 bits per heavy atom. The lowest BCUT2D eigenvalue weighted by Gasteiger charge is -2.19. The molecular weight excluding hydrogens is 364 g/mol. The summed E-state index contributed by atoms with van der Waals surface area (Å²) in [6.07, 6.45) is 2.01. The molecule has 2 heterocycles. The molecule has 0 aliphatic carbocycles. The van der Waals surface area contributed by atoms with Crippen molar-refractivity contribution in [3.05, 3.63) is 29.2 Å². The lowest BCUT2D eigenvalue weighted by Crippen LogP contribution is -2.27. The highest BCUT2D eigenvalue weighted by molar-refractivity contribution is 6.32. The summed E-state index contributed by atoms with van der Waals surface area (Å²) in [4.78, 5) is 33.8. The van der Waals surface area contributed by atoms with Crippen LogP contribution >= 0.6 is 11.6 Å². The van der Waals surface area contributed by atoms with Gasteiger partial charge in [-0.15, -0.1) is 9.90 Å². The molecule has 11 heteroatoms. The lowest BCUT2D eigenvalue weighted by molar-refractivity contribution is -0.0760. The van der Waals surface area contributed by atoms with E-state index >= 15 is 0 Å². The fraction of sp³-hybridized carbons (Fsp3) is 0.400. The van der Waals surface area contributed by atoms with E-state index in [0.29, 0.717) is 5.69 Å². The number of nitrogens with one attached hydrogen (secondary N) is 1. The average Bonchev–Trinajstić information content (AvgIpc) is 3.01. The standard InChI is InChI=1S/C15H19ClN6O4/c1-15(2,3)26-14(24)19-9-6-10(16)12(17-7-9)22-18-8-11(20-22)13(23)21(4)25-5/h6-8H,1-5H3,(H,19,24). The van der Waals surface area contributed by atoms with E-state index in [2.05, 4.69) is 20.5 Å². The Kier molecular flexibility index (Phi) is 5.78. The van der Waals surface area contributed by atoms with Gasteiger partial charge in [0.1, 0.15) is 5.60 Å². The van der Waals surface area contributed by atoms with Crippen LogP contribution in [0.1, 0.15) is 31.3 Å². The van der Waals surface area contributed by atoms with Crippen molar-refractivity contribution in [2.45, 2.75) is 26.4 Å². The zero-order valence-electron chi connectivity index (χ0n) is 15.0. The normalized spacial score (nSPS) is 11.2. The van der Waals surface area contributed by atoms with Crippen LogP contribution in [0, 0.1) is 0 Å². The van der Waals surface area contributed by atoms with Gasteiger partial charge in [-0.3, -0.25) is 14.9 Å². The summed E-state index contributed by atoms with van der Waals surface area (Å²) in [6.45, 7) is 5.26. The number of hydrogen-bond acceptors (Lipinski definition) is 7. The van der Waals surface area contributed by atoms with E-state index in [1.165, 1.54) is 32.6 Å². The number of amides is 2. The summed E-state index contributed by atoms with van der Waals surface area (Å²) >= 11 is 6.18. The van der Waals surface area contributed by atoms with Crippen LogP contribution in [-0.2, 0) is 9.57 Å². The molecule has 0 fully saturated rings. The molecule has 0 aliphatic heterocycles. The molecule has 0 atom stereocenters. The van der Waals surface area contributed by atoms with Gasteiger partial charge >= 0.3 is 6.09 Å². The Morgan fingerprint density at radius 2 is 2.00 bits per heavy atom. The quantitative estimate of drug-likeness (QED) is 0.807. The van der Waals surface area contributed by atoms with Gasteiger partial charge in [0, 0.05) is 7.05 Å². The van der Waals surface area contributed by atoms with Gasteiger partial charge in [-0.1, -0.05) is 11.6 Å². The van der Waals surface area contributed by atoms with E-state index in [1.54, 1.807) is 20.8 Å². The fourth-order valence-electron chi connectivity index (χ4n) is 1.78. The van der Waals surface area contributed by atoms with Crippen molar-refractivity contribution in [1.82, 2.24) is 25.0 Å². The minimum atomic E-state index is -0.629. The van der Waals surface area contributed by atoms with Gasteiger partial charge in [-0.05, 0) is 26.8 Å². The molecule has 0 radical (unpaired) electrons. The van der Waals surface area contributed by atoms with Crippen LogP contribution < -0.4 is 5.32 Å². The number of anilines is 1. The third kappa shape index (κ3) is 4.90.